The highest BCUT2D eigenvalue weighted by Gasteiger charge is 2.04. The van der Waals surface area contributed by atoms with Crippen LogP contribution in [0.2, 0.25) is 0 Å². The number of anilines is 1. The Kier molecular flexibility index (Phi) is 4.99. The molecule has 0 heterocycles. The van der Waals surface area contributed by atoms with Crippen LogP contribution < -0.4 is 21.1 Å². The lowest BCUT2D eigenvalue weighted by atomic mass is 10.3. The van der Waals surface area contributed by atoms with Crippen LogP contribution in [-0.4, -0.2) is 14.1 Å². The van der Waals surface area contributed by atoms with Crippen LogP contribution >= 0.6 is 0 Å². The van der Waals surface area contributed by atoms with E-state index in [1.165, 1.54) is 0 Å². The normalized spacial score (nSPS) is 10.1. The zero-order valence-electron chi connectivity index (χ0n) is 8.33. The first-order valence-electron chi connectivity index (χ1n) is 4.33. The van der Waals surface area contributed by atoms with Gasteiger partial charge < -0.3 is 0 Å². The molecular formula is C10H14N4. The molecule has 0 spiro atoms. The van der Waals surface area contributed by atoms with Crippen LogP contribution in [0.15, 0.2) is 30.3 Å². The molecule has 0 atom stereocenters. The van der Waals surface area contributed by atoms with E-state index < -0.39 is 0 Å². The third kappa shape index (κ3) is 3.33. The molecule has 0 aromatic heterocycles. The van der Waals surface area contributed by atoms with E-state index in [1.54, 1.807) is 19.1 Å². The SMILES string of the molecule is CN[C]NN([C]NC)c1ccccc1. The van der Waals surface area contributed by atoms with Gasteiger partial charge >= 0.3 is 0 Å². The maximum Gasteiger partial charge on any atom is 0.190 e. The quantitative estimate of drug-likeness (QED) is 0.449. The summed E-state index contributed by atoms with van der Waals surface area (Å²) in [6.45, 7) is 5.66. The molecule has 4 heteroatoms. The largest absolute Gasteiger partial charge is 0.295 e. The molecule has 0 amide bonds. The Hall–Kier alpha value is -1.10. The molecule has 1 aromatic rings. The molecular weight excluding hydrogens is 176 g/mol. The predicted molar refractivity (Wildman–Crippen MR) is 56.7 cm³/mol. The monoisotopic (exact) mass is 190 g/mol. The van der Waals surface area contributed by atoms with Crippen molar-refractivity contribution in [2.45, 2.75) is 0 Å². The molecule has 1 rings (SSSR count). The zero-order chi connectivity index (χ0) is 10.2. The van der Waals surface area contributed by atoms with Gasteiger partial charge in [-0.1, -0.05) is 18.2 Å². The summed E-state index contributed by atoms with van der Waals surface area (Å²) in [5, 5.41) is 7.27. The van der Waals surface area contributed by atoms with E-state index in [2.05, 4.69) is 29.4 Å². The molecule has 14 heavy (non-hydrogen) atoms. The van der Waals surface area contributed by atoms with Gasteiger partial charge in [0.2, 0.25) is 0 Å². The van der Waals surface area contributed by atoms with E-state index >= 15 is 0 Å². The first-order valence-corrected chi connectivity index (χ1v) is 4.33. The Morgan fingerprint density at radius 2 is 1.79 bits per heavy atom. The molecule has 0 saturated heterocycles. The van der Waals surface area contributed by atoms with Crippen molar-refractivity contribution in [1.29, 1.82) is 0 Å². The smallest absolute Gasteiger partial charge is 0.190 e. The van der Waals surface area contributed by atoms with Crippen molar-refractivity contribution >= 4 is 5.69 Å². The van der Waals surface area contributed by atoms with Crippen LogP contribution in [0.3, 0.4) is 0 Å². The van der Waals surface area contributed by atoms with Crippen molar-refractivity contribution in [2.75, 3.05) is 19.1 Å². The molecule has 0 fully saturated rings. The minimum atomic E-state index is 0.976. The molecule has 0 aliphatic carbocycles. The van der Waals surface area contributed by atoms with E-state index in [0.29, 0.717) is 0 Å². The summed E-state index contributed by atoms with van der Waals surface area (Å²) in [6, 6.07) is 9.82. The van der Waals surface area contributed by atoms with Crippen LogP contribution in [0.25, 0.3) is 0 Å². The number of hydrogen-bond donors (Lipinski definition) is 3. The molecule has 4 nitrogen and oxygen atoms in total. The molecule has 0 saturated carbocycles. The van der Waals surface area contributed by atoms with Gasteiger partial charge in [0, 0.05) is 0 Å². The van der Waals surface area contributed by atoms with E-state index in [4.69, 9.17) is 0 Å². The number of nitrogens with zero attached hydrogens (tertiary/aromatic N) is 1. The average molecular weight is 190 g/mol. The lowest BCUT2D eigenvalue weighted by molar-refractivity contribution is 0.677. The maximum atomic E-state index is 2.90. The highest BCUT2D eigenvalue weighted by molar-refractivity contribution is 5.46. The summed E-state index contributed by atoms with van der Waals surface area (Å²) in [6.07, 6.45) is 0. The van der Waals surface area contributed by atoms with E-state index in [1.807, 2.05) is 30.3 Å². The number of nitrogens with one attached hydrogen (secondary N) is 3. The van der Waals surface area contributed by atoms with Crippen molar-refractivity contribution in [3.05, 3.63) is 43.7 Å². The van der Waals surface area contributed by atoms with E-state index in [0.717, 1.165) is 5.69 Å². The number of para-hydroxylation sites is 1. The van der Waals surface area contributed by atoms with Gasteiger partial charge in [-0.15, -0.1) is 0 Å². The van der Waals surface area contributed by atoms with Gasteiger partial charge in [0.25, 0.3) is 0 Å². The minimum Gasteiger partial charge on any atom is -0.295 e. The summed E-state index contributed by atoms with van der Waals surface area (Å²) in [5.41, 5.74) is 3.86. The number of benzene rings is 1. The molecule has 0 aliphatic rings. The third-order valence-electron chi connectivity index (χ3n) is 1.53. The fourth-order valence-corrected chi connectivity index (χ4v) is 0.958. The summed E-state index contributed by atoms with van der Waals surface area (Å²) in [5.74, 6) is 0. The molecule has 0 unspecified atom stereocenters. The van der Waals surface area contributed by atoms with Gasteiger partial charge in [0.1, 0.15) is 0 Å². The Labute approximate surface area is 85.3 Å². The molecule has 0 bridgehead atoms. The molecule has 1 aromatic carbocycles. The van der Waals surface area contributed by atoms with Gasteiger partial charge in [-0.25, -0.2) is 5.43 Å². The first-order chi connectivity index (χ1) is 6.88. The van der Waals surface area contributed by atoms with Gasteiger partial charge in [-0.05, 0) is 26.2 Å². The Morgan fingerprint density at radius 1 is 1.07 bits per heavy atom. The molecule has 0 aliphatic heterocycles. The van der Waals surface area contributed by atoms with Gasteiger partial charge in [0.05, 0.1) is 5.69 Å². The minimum absolute atomic E-state index is 0.976. The molecule has 4 radical (unpaired) electrons. The van der Waals surface area contributed by atoms with Crippen molar-refractivity contribution in [3.8, 4) is 0 Å². The molecule has 74 valence electrons. The first kappa shape index (κ1) is 11.0. The number of hydrogen-bond acceptors (Lipinski definition) is 4. The second kappa shape index (κ2) is 6.37. The lowest BCUT2D eigenvalue weighted by Crippen LogP contribution is -2.40. The maximum absolute atomic E-state index is 2.90. The summed E-state index contributed by atoms with van der Waals surface area (Å²) in [4.78, 5) is 0. The Morgan fingerprint density at radius 3 is 2.36 bits per heavy atom. The Balaban J connectivity index is 2.58. The van der Waals surface area contributed by atoms with E-state index in [-0.39, 0.29) is 0 Å². The van der Waals surface area contributed by atoms with Crippen molar-refractivity contribution in [1.82, 2.24) is 16.1 Å². The van der Waals surface area contributed by atoms with Crippen molar-refractivity contribution in [2.24, 2.45) is 0 Å². The average Bonchev–Trinajstić information content (AvgIpc) is 2.25. The standard InChI is InChI=1S/C10H14N4/c1-11-8-13-14(9-12-2)10-6-4-3-5-7-10/h3-7,11-13H,1-2H3. The predicted octanol–water partition coefficient (Wildman–Crippen LogP) is 0.429. The Bertz CT molecular complexity index is 237. The van der Waals surface area contributed by atoms with Crippen LogP contribution in [0.4, 0.5) is 5.69 Å². The van der Waals surface area contributed by atoms with Gasteiger partial charge in [-0.3, -0.25) is 15.6 Å². The van der Waals surface area contributed by atoms with Crippen LogP contribution in [-0.2, 0) is 0 Å². The summed E-state index contributed by atoms with van der Waals surface area (Å²) >= 11 is 0. The molecule has 3 N–H and O–H groups in total. The van der Waals surface area contributed by atoms with E-state index in [9.17, 15) is 0 Å². The second-order valence-electron chi connectivity index (χ2n) is 2.52. The number of hydrazine groups is 1. The number of rotatable bonds is 6. The summed E-state index contributed by atoms with van der Waals surface area (Å²) < 4.78 is 0. The van der Waals surface area contributed by atoms with Crippen molar-refractivity contribution in [3.63, 3.8) is 0 Å². The highest BCUT2D eigenvalue weighted by Crippen LogP contribution is 2.10. The van der Waals surface area contributed by atoms with Gasteiger partial charge in [-0.2, -0.15) is 0 Å². The fourth-order valence-electron chi connectivity index (χ4n) is 0.958. The van der Waals surface area contributed by atoms with Crippen LogP contribution in [0, 0.1) is 13.3 Å². The topological polar surface area (TPSA) is 39.3 Å². The fraction of sp³-hybridized carbons (Fsp3) is 0.200. The van der Waals surface area contributed by atoms with Gasteiger partial charge in [0.15, 0.2) is 13.3 Å². The summed E-state index contributed by atoms with van der Waals surface area (Å²) in [7, 11) is 3.56. The second-order valence-corrected chi connectivity index (χ2v) is 2.52. The van der Waals surface area contributed by atoms with Crippen LogP contribution in [0.5, 0.6) is 0 Å². The highest BCUT2D eigenvalue weighted by atomic mass is 15.5. The lowest BCUT2D eigenvalue weighted by Gasteiger charge is -2.22. The zero-order valence-corrected chi connectivity index (χ0v) is 8.33. The third-order valence-corrected chi connectivity index (χ3v) is 1.53. The van der Waals surface area contributed by atoms with Crippen LogP contribution in [0.1, 0.15) is 0 Å². The van der Waals surface area contributed by atoms with Crippen molar-refractivity contribution < 1.29 is 0 Å².